The molecule has 1 N–H and O–H groups in total. The topological polar surface area (TPSA) is 76.9 Å². The zero-order chi connectivity index (χ0) is 21.1. The van der Waals surface area contributed by atoms with Crippen molar-refractivity contribution < 1.29 is 4.79 Å². The van der Waals surface area contributed by atoms with E-state index in [0.29, 0.717) is 28.8 Å². The van der Waals surface area contributed by atoms with Gasteiger partial charge in [0.25, 0.3) is 5.56 Å². The van der Waals surface area contributed by atoms with Crippen LogP contribution >= 0.6 is 22.9 Å². The second-order valence-corrected chi connectivity index (χ2v) is 8.40. The Morgan fingerprint density at radius 3 is 2.73 bits per heavy atom. The van der Waals surface area contributed by atoms with Gasteiger partial charge < -0.3 is 5.32 Å². The van der Waals surface area contributed by atoms with Crippen LogP contribution < -0.4 is 10.9 Å². The molecule has 152 valence electrons. The maximum absolute atomic E-state index is 12.3. The number of halogens is 1. The maximum atomic E-state index is 12.3. The fraction of sp³-hybridized carbons (Fsp3) is 0.182. The van der Waals surface area contributed by atoms with Crippen LogP contribution in [0.3, 0.4) is 0 Å². The Hall–Kier alpha value is -3.03. The number of aryl methyl sites for hydroxylation is 2. The summed E-state index contributed by atoms with van der Waals surface area (Å²) < 4.78 is 2.43. The van der Waals surface area contributed by atoms with Gasteiger partial charge in [0.15, 0.2) is 5.13 Å². The minimum absolute atomic E-state index is 0.132. The van der Waals surface area contributed by atoms with Gasteiger partial charge in [-0.2, -0.15) is 5.10 Å². The number of nitrogens with one attached hydrogen (secondary N) is 1. The van der Waals surface area contributed by atoms with Crippen molar-refractivity contribution in [3.8, 4) is 11.3 Å². The predicted molar refractivity (Wildman–Crippen MR) is 121 cm³/mol. The van der Waals surface area contributed by atoms with Crippen LogP contribution in [-0.2, 0) is 11.3 Å². The molecule has 0 spiro atoms. The summed E-state index contributed by atoms with van der Waals surface area (Å²) in [5.41, 5.74) is 3.38. The molecule has 4 aromatic rings. The molecule has 30 heavy (non-hydrogen) atoms. The lowest BCUT2D eigenvalue weighted by Crippen LogP contribution is -2.23. The van der Waals surface area contributed by atoms with Gasteiger partial charge in [-0.25, -0.2) is 9.67 Å². The molecule has 0 bridgehead atoms. The fourth-order valence-corrected chi connectivity index (χ4v) is 4.15. The lowest BCUT2D eigenvalue weighted by atomic mass is 10.1. The van der Waals surface area contributed by atoms with Crippen LogP contribution in [0.5, 0.6) is 0 Å². The Labute approximate surface area is 182 Å². The molecule has 0 saturated carbocycles. The lowest BCUT2D eigenvalue weighted by Gasteiger charge is -2.07. The molecule has 0 aliphatic rings. The van der Waals surface area contributed by atoms with Gasteiger partial charge >= 0.3 is 0 Å². The van der Waals surface area contributed by atoms with Crippen LogP contribution in [0.1, 0.15) is 18.4 Å². The Morgan fingerprint density at radius 1 is 1.13 bits per heavy atom. The average Bonchev–Trinajstić information content (AvgIpc) is 3.11. The van der Waals surface area contributed by atoms with E-state index in [1.807, 2.05) is 31.2 Å². The van der Waals surface area contributed by atoms with Crippen molar-refractivity contribution in [3.63, 3.8) is 0 Å². The Bertz CT molecular complexity index is 1260. The monoisotopic (exact) mass is 438 g/mol. The molecule has 0 fully saturated rings. The van der Waals surface area contributed by atoms with Crippen molar-refractivity contribution in [1.82, 2.24) is 14.8 Å². The van der Waals surface area contributed by atoms with E-state index >= 15 is 0 Å². The smallest absolute Gasteiger partial charge is 0.266 e. The highest BCUT2D eigenvalue weighted by Crippen LogP contribution is 2.26. The molecule has 1 amide bonds. The molecule has 2 aromatic heterocycles. The van der Waals surface area contributed by atoms with E-state index in [1.165, 1.54) is 22.1 Å². The van der Waals surface area contributed by atoms with Crippen LogP contribution in [0.2, 0.25) is 5.02 Å². The van der Waals surface area contributed by atoms with E-state index in [1.54, 1.807) is 18.2 Å². The summed E-state index contributed by atoms with van der Waals surface area (Å²) in [7, 11) is 0. The largest absolute Gasteiger partial charge is 0.302 e. The summed E-state index contributed by atoms with van der Waals surface area (Å²) >= 11 is 7.38. The van der Waals surface area contributed by atoms with Crippen molar-refractivity contribution in [2.75, 3.05) is 5.32 Å². The van der Waals surface area contributed by atoms with E-state index in [9.17, 15) is 9.59 Å². The van der Waals surface area contributed by atoms with E-state index in [0.717, 1.165) is 21.3 Å². The number of hydrogen-bond donors (Lipinski definition) is 1. The minimum Gasteiger partial charge on any atom is -0.302 e. The number of rotatable bonds is 6. The van der Waals surface area contributed by atoms with Gasteiger partial charge in [0.2, 0.25) is 5.91 Å². The van der Waals surface area contributed by atoms with Crippen LogP contribution in [0.15, 0.2) is 59.4 Å². The molecule has 4 rings (SSSR count). The fourth-order valence-electron chi connectivity index (χ4n) is 3.04. The first-order valence-electron chi connectivity index (χ1n) is 9.49. The second-order valence-electron chi connectivity index (χ2n) is 6.93. The summed E-state index contributed by atoms with van der Waals surface area (Å²) in [5.74, 6) is -0.132. The Balaban J connectivity index is 1.37. The quantitative estimate of drug-likeness (QED) is 0.464. The minimum atomic E-state index is -0.199. The number of carbonyl (C=O) groups excluding carboxylic acids is 1. The van der Waals surface area contributed by atoms with Crippen LogP contribution in [0.4, 0.5) is 5.13 Å². The summed E-state index contributed by atoms with van der Waals surface area (Å²) in [5, 5.41) is 8.48. The zero-order valence-electron chi connectivity index (χ0n) is 16.3. The molecule has 0 saturated heterocycles. The molecule has 2 aromatic carbocycles. The SMILES string of the molecule is Cc1ccc2nc(NC(=O)CCCn3nc(-c4ccc(Cl)cc4)ccc3=O)sc2c1. The highest BCUT2D eigenvalue weighted by Gasteiger charge is 2.09. The third-order valence-electron chi connectivity index (χ3n) is 4.57. The van der Waals surface area contributed by atoms with Crippen LogP contribution in [0.25, 0.3) is 21.5 Å². The van der Waals surface area contributed by atoms with Crippen LogP contribution in [0, 0.1) is 6.92 Å². The number of nitrogens with zero attached hydrogens (tertiary/aromatic N) is 3. The third-order valence-corrected chi connectivity index (χ3v) is 5.76. The summed E-state index contributed by atoms with van der Waals surface area (Å²) in [6, 6.07) is 16.4. The van der Waals surface area contributed by atoms with Gasteiger partial charge in [0, 0.05) is 29.6 Å². The highest BCUT2D eigenvalue weighted by molar-refractivity contribution is 7.22. The molecule has 0 aliphatic heterocycles. The van der Waals surface area contributed by atoms with Gasteiger partial charge in [0.1, 0.15) is 0 Å². The second kappa shape index (κ2) is 8.77. The third kappa shape index (κ3) is 4.75. The molecule has 6 nitrogen and oxygen atoms in total. The molecular formula is C22H19ClN4O2S. The Kier molecular flexibility index (Phi) is 5.92. The molecule has 0 unspecified atom stereocenters. The Morgan fingerprint density at radius 2 is 1.93 bits per heavy atom. The number of anilines is 1. The van der Waals surface area contributed by atoms with Gasteiger partial charge in [-0.05, 0) is 49.2 Å². The molecular weight excluding hydrogens is 420 g/mol. The van der Waals surface area contributed by atoms with Gasteiger partial charge in [0.05, 0.1) is 15.9 Å². The number of hydrogen-bond acceptors (Lipinski definition) is 5. The van der Waals surface area contributed by atoms with Crippen LogP contribution in [-0.4, -0.2) is 20.7 Å². The molecule has 0 atom stereocenters. The number of thiazole rings is 1. The van der Waals surface area contributed by atoms with Crippen molar-refractivity contribution in [1.29, 1.82) is 0 Å². The first-order chi connectivity index (χ1) is 14.5. The number of benzene rings is 2. The summed E-state index contributed by atoms with van der Waals surface area (Å²) in [4.78, 5) is 28.8. The summed E-state index contributed by atoms with van der Waals surface area (Å²) in [6.07, 6.45) is 0.765. The van der Waals surface area contributed by atoms with Crippen molar-refractivity contribution in [3.05, 3.63) is 75.5 Å². The number of aromatic nitrogens is 3. The van der Waals surface area contributed by atoms with Gasteiger partial charge in [-0.15, -0.1) is 0 Å². The van der Waals surface area contributed by atoms with E-state index in [4.69, 9.17) is 11.6 Å². The normalized spacial score (nSPS) is 11.0. The van der Waals surface area contributed by atoms with Gasteiger partial charge in [-0.1, -0.05) is 41.1 Å². The standard InChI is InChI=1S/C22H19ClN4O2S/c1-14-4-9-18-19(13-14)30-22(24-18)25-20(28)3-2-12-27-21(29)11-10-17(26-27)15-5-7-16(23)8-6-15/h4-11,13H,2-3,12H2,1H3,(H,24,25,28). The van der Waals surface area contributed by atoms with E-state index in [-0.39, 0.29) is 17.9 Å². The van der Waals surface area contributed by atoms with Crippen molar-refractivity contribution in [2.45, 2.75) is 26.3 Å². The summed E-state index contributed by atoms with van der Waals surface area (Å²) in [6.45, 7) is 2.38. The molecule has 8 heteroatoms. The predicted octanol–water partition coefficient (Wildman–Crippen LogP) is 4.90. The van der Waals surface area contributed by atoms with Gasteiger partial charge in [-0.3, -0.25) is 9.59 Å². The first-order valence-corrected chi connectivity index (χ1v) is 10.7. The first kappa shape index (κ1) is 20.3. The molecule has 2 heterocycles. The number of amides is 1. The van der Waals surface area contributed by atoms with Crippen molar-refractivity contribution >= 4 is 44.2 Å². The van der Waals surface area contributed by atoms with E-state index in [2.05, 4.69) is 21.5 Å². The molecule has 0 radical (unpaired) electrons. The highest BCUT2D eigenvalue weighted by atomic mass is 35.5. The van der Waals surface area contributed by atoms with Crippen molar-refractivity contribution in [2.24, 2.45) is 0 Å². The molecule has 0 aliphatic carbocycles. The maximum Gasteiger partial charge on any atom is 0.266 e. The number of carbonyl (C=O) groups is 1. The number of fused-ring (bicyclic) bond motifs is 1. The van der Waals surface area contributed by atoms with E-state index < -0.39 is 0 Å². The lowest BCUT2D eigenvalue weighted by molar-refractivity contribution is -0.116. The average molecular weight is 439 g/mol. The zero-order valence-corrected chi connectivity index (χ0v) is 17.8.